The molecule has 0 radical (unpaired) electrons. The fourth-order valence-electron chi connectivity index (χ4n) is 3.24. The fraction of sp³-hybridized carbons (Fsp3) is 0.556. The molecule has 1 aromatic carbocycles. The summed E-state index contributed by atoms with van der Waals surface area (Å²) in [6, 6.07) is 5.57. The summed E-state index contributed by atoms with van der Waals surface area (Å²) in [7, 11) is 0. The first-order valence-corrected chi connectivity index (χ1v) is 8.47. The maximum Gasteiger partial charge on any atom is 0.227 e. The van der Waals surface area contributed by atoms with Crippen molar-refractivity contribution in [2.24, 2.45) is 17.6 Å². The van der Waals surface area contributed by atoms with Gasteiger partial charge in [-0.2, -0.15) is 0 Å². The van der Waals surface area contributed by atoms with E-state index in [1.807, 2.05) is 32.0 Å². The molecule has 4 N–H and O–H groups in total. The maximum absolute atomic E-state index is 12.5. The first-order chi connectivity index (χ1) is 11.1. The van der Waals surface area contributed by atoms with Crippen LogP contribution < -0.4 is 16.4 Å². The maximum atomic E-state index is 12.5. The van der Waals surface area contributed by atoms with Gasteiger partial charge in [0.2, 0.25) is 11.8 Å². The largest absolute Gasteiger partial charge is 0.330 e. The fourth-order valence-corrected chi connectivity index (χ4v) is 3.24. The molecule has 6 heteroatoms. The summed E-state index contributed by atoms with van der Waals surface area (Å²) in [6.07, 6.45) is 4.30. The molecule has 0 saturated heterocycles. The lowest BCUT2D eigenvalue weighted by Gasteiger charge is -2.19. The second kappa shape index (κ2) is 9.64. The van der Waals surface area contributed by atoms with E-state index in [0.29, 0.717) is 13.0 Å². The number of anilines is 2. The van der Waals surface area contributed by atoms with E-state index >= 15 is 0 Å². The van der Waals surface area contributed by atoms with Crippen molar-refractivity contribution in [2.75, 3.05) is 17.2 Å². The molecule has 0 unspecified atom stereocenters. The van der Waals surface area contributed by atoms with E-state index in [2.05, 4.69) is 10.6 Å². The van der Waals surface area contributed by atoms with Gasteiger partial charge in [0.15, 0.2) is 0 Å². The molecule has 2 atom stereocenters. The summed E-state index contributed by atoms with van der Waals surface area (Å²) >= 11 is 0. The molecular formula is C18H28ClN3O2. The molecule has 1 aliphatic carbocycles. The second-order valence-electron chi connectivity index (χ2n) is 6.30. The summed E-state index contributed by atoms with van der Waals surface area (Å²) in [6.45, 7) is 4.44. The van der Waals surface area contributed by atoms with E-state index in [-0.39, 0.29) is 36.1 Å². The normalized spacial score (nSPS) is 19.5. The van der Waals surface area contributed by atoms with Gasteiger partial charge < -0.3 is 16.4 Å². The molecule has 0 aliphatic heterocycles. The van der Waals surface area contributed by atoms with Crippen molar-refractivity contribution >= 4 is 35.6 Å². The highest BCUT2D eigenvalue weighted by Crippen LogP contribution is 2.32. The van der Waals surface area contributed by atoms with E-state index in [4.69, 9.17) is 5.73 Å². The van der Waals surface area contributed by atoms with Crippen LogP contribution in [0.1, 0.15) is 44.6 Å². The summed E-state index contributed by atoms with van der Waals surface area (Å²) in [5, 5.41) is 5.92. The van der Waals surface area contributed by atoms with Gasteiger partial charge in [-0.25, -0.2) is 0 Å². The van der Waals surface area contributed by atoms with Crippen LogP contribution in [0.15, 0.2) is 18.2 Å². The Morgan fingerprint density at radius 1 is 1.21 bits per heavy atom. The third-order valence-electron chi connectivity index (χ3n) is 4.64. The highest BCUT2D eigenvalue weighted by atomic mass is 35.5. The van der Waals surface area contributed by atoms with Crippen molar-refractivity contribution in [1.82, 2.24) is 0 Å². The van der Waals surface area contributed by atoms with Crippen LogP contribution in [0.2, 0.25) is 0 Å². The van der Waals surface area contributed by atoms with Gasteiger partial charge in [0.05, 0.1) is 0 Å². The minimum atomic E-state index is -0.00209. The number of halogens is 1. The number of amides is 2. The second-order valence-corrected chi connectivity index (χ2v) is 6.30. The van der Waals surface area contributed by atoms with E-state index in [9.17, 15) is 9.59 Å². The van der Waals surface area contributed by atoms with E-state index in [0.717, 1.165) is 42.6 Å². The molecule has 1 fully saturated rings. The van der Waals surface area contributed by atoms with E-state index in [1.54, 1.807) is 0 Å². The summed E-state index contributed by atoms with van der Waals surface area (Å²) in [5.41, 5.74) is 8.16. The quantitative estimate of drug-likeness (QED) is 0.732. The number of rotatable bonds is 6. The molecule has 0 spiro atoms. The Balaban J connectivity index is 0.00000288. The zero-order valence-corrected chi connectivity index (χ0v) is 15.2. The monoisotopic (exact) mass is 353 g/mol. The molecule has 24 heavy (non-hydrogen) atoms. The number of hydrogen-bond acceptors (Lipinski definition) is 3. The lowest BCUT2D eigenvalue weighted by molar-refractivity contribution is -0.120. The molecule has 1 saturated carbocycles. The number of carbonyl (C=O) groups is 2. The van der Waals surface area contributed by atoms with Gasteiger partial charge in [-0.1, -0.05) is 19.4 Å². The first-order valence-electron chi connectivity index (χ1n) is 8.47. The van der Waals surface area contributed by atoms with Gasteiger partial charge >= 0.3 is 0 Å². The third-order valence-corrected chi connectivity index (χ3v) is 4.64. The van der Waals surface area contributed by atoms with Gasteiger partial charge in [0, 0.05) is 23.7 Å². The Hall–Kier alpha value is -1.59. The van der Waals surface area contributed by atoms with Crippen LogP contribution in [0.5, 0.6) is 0 Å². The van der Waals surface area contributed by atoms with Gasteiger partial charge in [0.25, 0.3) is 0 Å². The lowest BCUT2D eigenvalue weighted by atomic mass is 9.95. The smallest absolute Gasteiger partial charge is 0.227 e. The zero-order valence-electron chi connectivity index (χ0n) is 14.4. The molecule has 1 aliphatic rings. The molecule has 134 valence electrons. The Kier molecular flexibility index (Phi) is 8.22. The Morgan fingerprint density at radius 3 is 2.50 bits per heavy atom. The Labute approximate surface area is 150 Å². The minimum absolute atomic E-state index is 0. The van der Waals surface area contributed by atoms with Gasteiger partial charge in [-0.3, -0.25) is 9.59 Å². The molecule has 5 nitrogen and oxygen atoms in total. The topological polar surface area (TPSA) is 84.2 Å². The molecule has 2 rings (SSSR count). The SMILES string of the molecule is CCCC(=O)Nc1cccc(NC(=O)[C@@H]2CCC[C@@H]2CN)c1C.Cl. The standard InChI is InChI=1S/C18H27N3O2.ClH/c1-3-6-17(22)20-15-9-5-10-16(12(15)2)21-18(23)14-8-4-7-13(14)11-19;/h5,9-10,13-14H,3-4,6-8,11,19H2,1-2H3,(H,20,22)(H,21,23);1H/t13-,14-;/m1./s1. The van der Waals surface area contributed by atoms with Crippen LogP contribution >= 0.6 is 12.4 Å². The molecule has 0 aromatic heterocycles. The van der Waals surface area contributed by atoms with Crippen molar-refractivity contribution in [1.29, 1.82) is 0 Å². The average Bonchev–Trinajstić information content (AvgIpc) is 3.00. The number of carbonyl (C=O) groups excluding carboxylic acids is 2. The molecular weight excluding hydrogens is 326 g/mol. The summed E-state index contributed by atoms with van der Waals surface area (Å²) < 4.78 is 0. The zero-order chi connectivity index (χ0) is 16.8. The minimum Gasteiger partial charge on any atom is -0.330 e. The Bertz CT molecular complexity index is 577. The number of hydrogen-bond donors (Lipinski definition) is 3. The van der Waals surface area contributed by atoms with Gasteiger partial charge in [-0.05, 0) is 56.3 Å². The van der Waals surface area contributed by atoms with Crippen LogP contribution in [-0.2, 0) is 9.59 Å². The van der Waals surface area contributed by atoms with Crippen molar-refractivity contribution < 1.29 is 9.59 Å². The van der Waals surface area contributed by atoms with E-state index in [1.165, 1.54) is 0 Å². The number of nitrogens with two attached hydrogens (primary N) is 1. The van der Waals surface area contributed by atoms with Gasteiger partial charge in [-0.15, -0.1) is 12.4 Å². The van der Waals surface area contributed by atoms with Crippen molar-refractivity contribution in [3.63, 3.8) is 0 Å². The summed E-state index contributed by atoms with van der Waals surface area (Å²) in [5.74, 6) is 0.316. The van der Waals surface area contributed by atoms with Gasteiger partial charge in [0.1, 0.15) is 0 Å². The molecule has 0 bridgehead atoms. The van der Waals surface area contributed by atoms with E-state index < -0.39 is 0 Å². The first kappa shape index (κ1) is 20.5. The summed E-state index contributed by atoms with van der Waals surface area (Å²) in [4.78, 5) is 24.3. The average molecular weight is 354 g/mol. The Morgan fingerprint density at radius 2 is 1.88 bits per heavy atom. The van der Waals surface area contributed by atoms with Crippen LogP contribution in [-0.4, -0.2) is 18.4 Å². The van der Waals surface area contributed by atoms with Crippen molar-refractivity contribution in [3.8, 4) is 0 Å². The molecule has 2 amide bonds. The third kappa shape index (κ3) is 4.95. The van der Waals surface area contributed by atoms with Crippen molar-refractivity contribution in [2.45, 2.75) is 46.0 Å². The van der Waals surface area contributed by atoms with Crippen LogP contribution in [0.25, 0.3) is 0 Å². The number of benzene rings is 1. The highest BCUT2D eigenvalue weighted by Gasteiger charge is 2.32. The van der Waals surface area contributed by atoms with Crippen LogP contribution in [0, 0.1) is 18.8 Å². The molecule has 1 aromatic rings. The lowest BCUT2D eigenvalue weighted by Crippen LogP contribution is -2.30. The van der Waals surface area contributed by atoms with Crippen LogP contribution in [0.3, 0.4) is 0 Å². The highest BCUT2D eigenvalue weighted by molar-refractivity contribution is 5.96. The number of nitrogens with one attached hydrogen (secondary N) is 2. The molecule has 0 heterocycles. The predicted molar refractivity (Wildman–Crippen MR) is 100 cm³/mol. The van der Waals surface area contributed by atoms with Crippen LogP contribution in [0.4, 0.5) is 11.4 Å². The predicted octanol–water partition coefficient (Wildman–Crippen LogP) is 3.47. The van der Waals surface area contributed by atoms with Crippen molar-refractivity contribution in [3.05, 3.63) is 23.8 Å².